The van der Waals surface area contributed by atoms with Gasteiger partial charge in [-0.3, -0.25) is 4.79 Å². The standard InChI is InChI=1S/C18H23N3O2S.C2HF3O2/c1-14-3-4-16-12-21(17(22)11-15-5-10-24-13-15)7-6-20(8-9-23-2)18(16)19-14;3-2(4,5)1(6)7/h3-5,10,13H,6-9,11-12H2,1-2H3;(H,6,7). The van der Waals surface area contributed by atoms with Crippen LogP contribution in [0.15, 0.2) is 29.0 Å². The third-order valence-corrected chi connectivity index (χ3v) is 5.22. The van der Waals surface area contributed by atoms with Crippen LogP contribution in [-0.4, -0.2) is 66.4 Å². The maximum Gasteiger partial charge on any atom is 0.490 e. The van der Waals surface area contributed by atoms with Gasteiger partial charge in [-0.05, 0) is 35.4 Å². The van der Waals surface area contributed by atoms with Crippen LogP contribution < -0.4 is 4.90 Å². The number of carbonyl (C=O) groups excluding carboxylic acids is 1. The van der Waals surface area contributed by atoms with Crippen LogP contribution in [0.1, 0.15) is 16.8 Å². The number of fused-ring (bicyclic) bond motifs is 1. The highest BCUT2D eigenvalue weighted by molar-refractivity contribution is 7.08. The van der Waals surface area contributed by atoms with Crippen LogP contribution in [0.4, 0.5) is 19.0 Å². The Morgan fingerprint density at radius 2 is 1.97 bits per heavy atom. The van der Waals surface area contributed by atoms with Crippen molar-refractivity contribution in [2.75, 3.05) is 38.3 Å². The van der Waals surface area contributed by atoms with Crippen molar-refractivity contribution in [3.63, 3.8) is 0 Å². The average Bonchev–Trinajstić information content (AvgIpc) is 3.13. The smallest absolute Gasteiger partial charge is 0.475 e. The van der Waals surface area contributed by atoms with E-state index in [1.807, 2.05) is 34.7 Å². The Morgan fingerprint density at radius 1 is 1.26 bits per heavy atom. The molecule has 0 radical (unpaired) electrons. The summed E-state index contributed by atoms with van der Waals surface area (Å²) in [7, 11) is 1.71. The molecule has 170 valence electrons. The molecule has 0 atom stereocenters. The van der Waals surface area contributed by atoms with Crippen LogP contribution in [0.25, 0.3) is 0 Å². The zero-order chi connectivity index (χ0) is 23.0. The summed E-state index contributed by atoms with van der Waals surface area (Å²) in [5, 5.41) is 11.2. The molecular formula is C20H24F3N3O4S. The Bertz CT molecular complexity index is 875. The number of methoxy groups -OCH3 is 1. The van der Waals surface area contributed by atoms with Crippen LogP contribution in [0.5, 0.6) is 0 Å². The SMILES string of the molecule is COCCN1CCN(C(=O)Cc2ccsc2)Cc2ccc(C)nc21.O=C(O)C(F)(F)F. The minimum atomic E-state index is -5.08. The predicted octanol–water partition coefficient (Wildman–Crippen LogP) is 3.12. The van der Waals surface area contributed by atoms with Gasteiger partial charge >= 0.3 is 12.1 Å². The normalized spacial score (nSPS) is 13.7. The predicted molar refractivity (Wildman–Crippen MR) is 110 cm³/mol. The van der Waals surface area contributed by atoms with Gasteiger partial charge in [0.1, 0.15) is 5.82 Å². The van der Waals surface area contributed by atoms with Gasteiger partial charge in [0.15, 0.2) is 0 Å². The number of pyridine rings is 1. The van der Waals surface area contributed by atoms with Crippen LogP contribution in [-0.2, 0) is 27.3 Å². The molecule has 11 heteroatoms. The number of nitrogens with zero attached hydrogens (tertiary/aromatic N) is 3. The number of ether oxygens (including phenoxy) is 1. The van der Waals surface area contributed by atoms with E-state index < -0.39 is 12.1 Å². The molecule has 3 heterocycles. The highest BCUT2D eigenvalue weighted by Crippen LogP contribution is 2.24. The van der Waals surface area contributed by atoms with Crippen LogP contribution in [0.2, 0.25) is 0 Å². The molecule has 0 fully saturated rings. The van der Waals surface area contributed by atoms with Gasteiger partial charge in [0.05, 0.1) is 13.0 Å². The van der Waals surface area contributed by atoms with Gasteiger partial charge in [0.2, 0.25) is 5.91 Å². The Kier molecular flexibility index (Phi) is 8.81. The lowest BCUT2D eigenvalue weighted by Gasteiger charge is -2.23. The molecule has 7 nitrogen and oxygen atoms in total. The van der Waals surface area contributed by atoms with Crippen LogP contribution >= 0.6 is 11.3 Å². The third-order valence-electron chi connectivity index (χ3n) is 4.49. The number of hydrogen-bond donors (Lipinski definition) is 1. The second-order valence-corrected chi connectivity index (χ2v) is 7.62. The number of amides is 1. The van der Waals surface area contributed by atoms with Crippen molar-refractivity contribution in [3.8, 4) is 0 Å². The van der Waals surface area contributed by atoms with Gasteiger partial charge < -0.3 is 19.6 Å². The van der Waals surface area contributed by atoms with Crippen molar-refractivity contribution in [3.05, 3.63) is 45.8 Å². The number of thiophene rings is 1. The van der Waals surface area contributed by atoms with Gasteiger partial charge in [-0.15, -0.1) is 0 Å². The number of alkyl halides is 3. The summed E-state index contributed by atoms with van der Waals surface area (Å²) < 4.78 is 37.0. The zero-order valence-corrected chi connectivity index (χ0v) is 18.0. The van der Waals surface area contributed by atoms with E-state index in [0.717, 1.165) is 35.7 Å². The molecule has 2 aromatic rings. The number of aliphatic carboxylic acids is 1. The molecule has 0 bridgehead atoms. The zero-order valence-electron chi connectivity index (χ0n) is 17.2. The van der Waals surface area contributed by atoms with Gasteiger partial charge in [0, 0.05) is 44.5 Å². The summed E-state index contributed by atoms with van der Waals surface area (Å²) in [4.78, 5) is 30.5. The first kappa shape index (κ1) is 24.6. The molecule has 1 amide bonds. The number of carboxylic acids is 1. The first-order valence-corrected chi connectivity index (χ1v) is 10.4. The summed E-state index contributed by atoms with van der Waals surface area (Å²) in [6.45, 7) is 5.54. The maximum atomic E-state index is 12.7. The number of halogens is 3. The lowest BCUT2D eigenvalue weighted by molar-refractivity contribution is -0.192. The summed E-state index contributed by atoms with van der Waals surface area (Å²) >= 11 is 1.63. The molecule has 1 aliphatic heterocycles. The largest absolute Gasteiger partial charge is 0.490 e. The van der Waals surface area contributed by atoms with Crippen molar-refractivity contribution in [2.24, 2.45) is 0 Å². The number of aryl methyl sites for hydroxylation is 1. The molecule has 0 spiro atoms. The van der Waals surface area contributed by atoms with Gasteiger partial charge in [-0.2, -0.15) is 24.5 Å². The number of hydrogen-bond acceptors (Lipinski definition) is 6. The van der Waals surface area contributed by atoms with Gasteiger partial charge in [-0.1, -0.05) is 6.07 Å². The molecule has 1 N–H and O–H groups in total. The van der Waals surface area contributed by atoms with E-state index in [2.05, 4.69) is 11.0 Å². The van der Waals surface area contributed by atoms with E-state index in [-0.39, 0.29) is 5.91 Å². The topological polar surface area (TPSA) is 83.0 Å². The molecule has 0 unspecified atom stereocenters. The van der Waals surface area contributed by atoms with Crippen molar-refractivity contribution in [1.82, 2.24) is 9.88 Å². The summed E-state index contributed by atoms with van der Waals surface area (Å²) in [6.07, 6.45) is -4.61. The highest BCUT2D eigenvalue weighted by Gasteiger charge is 2.38. The molecule has 1 aliphatic rings. The summed E-state index contributed by atoms with van der Waals surface area (Å²) in [6, 6.07) is 6.12. The van der Waals surface area contributed by atoms with Gasteiger partial charge in [0.25, 0.3) is 0 Å². The number of anilines is 1. The monoisotopic (exact) mass is 459 g/mol. The Hall–Kier alpha value is -2.66. The number of aromatic nitrogens is 1. The number of carbonyl (C=O) groups is 2. The molecule has 2 aromatic heterocycles. The van der Waals surface area contributed by atoms with E-state index in [1.54, 1.807) is 18.4 Å². The first-order chi connectivity index (χ1) is 14.6. The van der Waals surface area contributed by atoms with E-state index in [0.29, 0.717) is 26.1 Å². The van der Waals surface area contributed by atoms with Crippen molar-refractivity contribution >= 4 is 29.0 Å². The van der Waals surface area contributed by atoms with Crippen LogP contribution in [0, 0.1) is 6.92 Å². The Labute approximate surface area is 182 Å². The second kappa shape index (κ2) is 11.1. The van der Waals surface area contributed by atoms with Crippen molar-refractivity contribution < 1.29 is 32.6 Å². The minimum absolute atomic E-state index is 0.175. The summed E-state index contributed by atoms with van der Waals surface area (Å²) in [5.41, 5.74) is 3.19. The molecular weight excluding hydrogens is 435 g/mol. The molecule has 0 saturated carbocycles. The molecule has 0 aliphatic carbocycles. The Morgan fingerprint density at radius 3 is 2.55 bits per heavy atom. The van der Waals surface area contributed by atoms with E-state index in [4.69, 9.17) is 19.6 Å². The average molecular weight is 459 g/mol. The number of carboxylic acid groups (broad SMARTS) is 1. The quantitative estimate of drug-likeness (QED) is 0.740. The maximum absolute atomic E-state index is 12.7. The first-order valence-electron chi connectivity index (χ1n) is 9.41. The second-order valence-electron chi connectivity index (χ2n) is 6.84. The minimum Gasteiger partial charge on any atom is -0.475 e. The van der Waals surface area contributed by atoms with E-state index >= 15 is 0 Å². The summed E-state index contributed by atoms with van der Waals surface area (Å²) in [5.74, 6) is -1.60. The fourth-order valence-electron chi connectivity index (χ4n) is 2.91. The fourth-order valence-corrected chi connectivity index (χ4v) is 3.58. The van der Waals surface area contributed by atoms with E-state index in [9.17, 15) is 18.0 Å². The van der Waals surface area contributed by atoms with Gasteiger partial charge in [-0.25, -0.2) is 9.78 Å². The molecule has 3 rings (SSSR count). The fraction of sp³-hybridized carbons (Fsp3) is 0.450. The number of rotatable bonds is 5. The molecule has 0 aromatic carbocycles. The van der Waals surface area contributed by atoms with E-state index in [1.165, 1.54) is 0 Å². The highest BCUT2D eigenvalue weighted by atomic mass is 32.1. The molecule has 31 heavy (non-hydrogen) atoms. The third kappa shape index (κ3) is 7.51. The lowest BCUT2D eigenvalue weighted by Crippen LogP contribution is -2.37. The Balaban J connectivity index is 0.000000423. The molecule has 0 saturated heterocycles. The van der Waals surface area contributed by atoms with Crippen LogP contribution in [0.3, 0.4) is 0 Å². The van der Waals surface area contributed by atoms with Crippen molar-refractivity contribution in [1.29, 1.82) is 0 Å². The lowest BCUT2D eigenvalue weighted by atomic mass is 10.2. The van der Waals surface area contributed by atoms with Crippen molar-refractivity contribution in [2.45, 2.75) is 26.1 Å².